The molecule has 0 bridgehead atoms. The summed E-state index contributed by atoms with van der Waals surface area (Å²) >= 11 is 1.48. The van der Waals surface area contributed by atoms with Crippen molar-refractivity contribution < 1.29 is 19.0 Å². The molecule has 16 heavy (non-hydrogen) atoms. The van der Waals surface area contributed by atoms with Crippen LogP contribution in [0.2, 0.25) is 0 Å². The largest absolute Gasteiger partial charge is 0.467 e. The van der Waals surface area contributed by atoms with Crippen molar-refractivity contribution >= 4 is 23.3 Å². The van der Waals surface area contributed by atoms with Gasteiger partial charge in [0.05, 0.1) is 25.9 Å². The molecule has 0 aromatic heterocycles. The van der Waals surface area contributed by atoms with E-state index in [2.05, 4.69) is 4.99 Å². The summed E-state index contributed by atoms with van der Waals surface area (Å²) in [5.41, 5.74) is 1.67. The second-order valence-corrected chi connectivity index (χ2v) is 5.60. The van der Waals surface area contributed by atoms with Gasteiger partial charge in [0.25, 0.3) is 0 Å². The Morgan fingerprint density at radius 3 is 2.69 bits per heavy atom. The van der Waals surface area contributed by atoms with Crippen LogP contribution in [-0.4, -0.2) is 48.4 Å². The predicted molar refractivity (Wildman–Crippen MR) is 60.6 cm³/mol. The van der Waals surface area contributed by atoms with Gasteiger partial charge in [-0.2, -0.15) is 0 Å². The molecule has 5 nitrogen and oxygen atoms in total. The minimum atomic E-state index is -0.588. The molecule has 0 saturated carbocycles. The number of carbonyl (C=O) groups excluding carboxylic acids is 1. The van der Waals surface area contributed by atoms with Gasteiger partial charge < -0.3 is 14.2 Å². The van der Waals surface area contributed by atoms with Crippen molar-refractivity contribution in [1.29, 1.82) is 0 Å². The van der Waals surface area contributed by atoms with E-state index in [-0.39, 0.29) is 5.97 Å². The molecule has 90 valence electrons. The van der Waals surface area contributed by atoms with Crippen LogP contribution in [0.4, 0.5) is 0 Å². The molecule has 1 spiro atoms. The predicted octanol–water partition coefficient (Wildman–Crippen LogP) is 0.825. The second kappa shape index (κ2) is 4.01. The zero-order valence-electron chi connectivity index (χ0n) is 9.56. The fourth-order valence-electron chi connectivity index (χ4n) is 1.68. The van der Waals surface area contributed by atoms with Gasteiger partial charge in [0, 0.05) is 0 Å². The summed E-state index contributed by atoms with van der Waals surface area (Å²) < 4.78 is 15.5. The number of nitrogens with zero attached hydrogens (tertiary/aromatic N) is 1. The molecule has 0 aromatic rings. The van der Waals surface area contributed by atoms with Crippen LogP contribution >= 0.6 is 11.8 Å². The van der Waals surface area contributed by atoms with Crippen molar-refractivity contribution in [2.75, 3.05) is 20.3 Å². The molecule has 2 rings (SSSR count). The molecule has 0 aromatic carbocycles. The summed E-state index contributed by atoms with van der Waals surface area (Å²) in [6, 6.07) is -0.529. The standard InChI is InChI=1S/C10H15NO4S/c1-9(2)14-4-10(5-15-9)7(8(12)13-3)11-6-16-10/h6-7H,4-5H2,1-3H3. The van der Waals surface area contributed by atoms with Gasteiger partial charge in [-0.15, -0.1) is 11.8 Å². The number of thioether (sulfide) groups is 1. The smallest absolute Gasteiger partial charge is 0.332 e. The van der Waals surface area contributed by atoms with Gasteiger partial charge in [0.2, 0.25) is 0 Å². The summed E-state index contributed by atoms with van der Waals surface area (Å²) in [5.74, 6) is -0.928. The third kappa shape index (κ3) is 1.97. The Hall–Kier alpha value is -0.590. The van der Waals surface area contributed by atoms with Crippen molar-refractivity contribution in [2.24, 2.45) is 4.99 Å². The maximum absolute atomic E-state index is 11.6. The zero-order valence-corrected chi connectivity index (χ0v) is 10.4. The highest BCUT2D eigenvalue weighted by Crippen LogP contribution is 2.40. The lowest BCUT2D eigenvalue weighted by atomic mass is 10.00. The van der Waals surface area contributed by atoms with Gasteiger partial charge in [-0.1, -0.05) is 0 Å². The Bertz CT molecular complexity index is 319. The molecule has 1 saturated heterocycles. The first-order valence-corrected chi connectivity index (χ1v) is 5.92. The Labute approximate surface area is 98.5 Å². The van der Waals surface area contributed by atoms with Gasteiger partial charge in [-0.05, 0) is 13.8 Å². The van der Waals surface area contributed by atoms with Crippen molar-refractivity contribution in [3.05, 3.63) is 0 Å². The van der Waals surface area contributed by atoms with Crippen LogP contribution in [0.15, 0.2) is 4.99 Å². The lowest BCUT2D eigenvalue weighted by Crippen LogP contribution is -2.55. The number of carbonyl (C=O) groups is 1. The van der Waals surface area contributed by atoms with Crippen molar-refractivity contribution in [3.63, 3.8) is 0 Å². The summed E-state index contributed by atoms with van der Waals surface area (Å²) in [4.78, 5) is 15.7. The van der Waals surface area contributed by atoms with Gasteiger partial charge in [-0.25, -0.2) is 4.79 Å². The second-order valence-electron chi connectivity index (χ2n) is 4.34. The molecule has 1 atom stereocenters. The van der Waals surface area contributed by atoms with E-state index >= 15 is 0 Å². The molecule has 2 aliphatic rings. The molecule has 2 heterocycles. The van der Waals surface area contributed by atoms with E-state index < -0.39 is 16.6 Å². The average molecular weight is 245 g/mol. The van der Waals surface area contributed by atoms with Crippen LogP contribution in [0.3, 0.4) is 0 Å². The van der Waals surface area contributed by atoms with E-state index in [9.17, 15) is 4.79 Å². The number of hydrogen-bond acceptors (Lipinski definition) is 6. The van der Waals surface area contributed by atoms with E-state index in [1.54, 1.807) is 5.55 Å². The lowest BCUT2D eigenvalue weighted by Gasteiger charge is -2.41. The van der Waals surface area contributed by atoms with E-state index in [1.165, 1.54) is 18.9 Å². The fraction of sp³-hybridized carbons (Fsp3) is 0.800. The molecular formula is C10H15NO4S. The van der Waals surface area contributed by atoms with Crippen LogP contribution in [-0.2, 0) is 19.0 Å². The molecule has 1 fully saturated rings. The minimum Gasteiger partial charge on any atom is -0.467 e. The van der Waals surface area contributed by atoms with Crippen LogP contribution in [0.25, 0.3) is 0 Å². The van der Waals surface area contributed by atoms with Gasteiger partial charge >= 0.3 is 5.97 Å². The molecule has 1 unspecified atom stereocenters. The van der Waals surface area contributed by atoms with E-state index in [0.29, 0.717) is 13.2 Å². The monoisotopic (exact) mass is 245 g/mol. The van der Waals surface area contributed by atoms with Gasteiger partial charge in [0.15, 0.2) is 11.8 Å². The fourth-order valence-corrected chi connectivity index (χ4v) is 2.62. The highest BCUT2D eigenvalue weighted by Gasteiger charge is 2.52. The Balaban J connectivity index is 2.12. The van der Waals surface area contributed by atoms with Gasteiger partial charge in [-0.3, -0.25) is 4.99 Å². The molecule has 2 aliphatic heterocycles. The Morgan fingerprint density at radius 2 is 2.12 bits per heavy atom. The van der Waals surface area contributed by atoms with Gasteiger partial charge in [0.1, 0.15) is 4.75 Å². The molecule has 0 amide bonds. The quantitative estimate of drug-likeness (QED) is 0.640. The number of methoxy groups -OCH3 is 1. The third-order valence-electron chi connectivity index (χ3n) is 2.75. The third-order valence-corrected chi connectivity index (χ3v) is 3.90. The minimum absolute atomic E-state index is 0.340. The molecule has 0 radical (unpaired) electrons. The number of hydrogen-bond donors (Lipinski definition) is 0. The van der Waals surface area contributed by atoms with E-state index in [1.807, 2.05) is 13.8 Å². The maximum atomic E-state index is 11.6. The lowest BCUT2D eigenvalue weighted by molar-refractivity contribution is -0.256. The summed E-state index contributed by atoms with van der Waals surface area (Å²) in [6.45, 7) is 4.58. The molecule has 0 aliphatic carbocycles. The SMILES string of the molecule is COC(=O)C1N=CSC12COC(C)(C)OC2. The van der Waals surface area contributed by atoms with E-state index in [0.717, 1.165) is 0 Å². The van der Waals surface area contributed by atoms with Crippen molar-refractivity contribution in [3.8, 4) is 0 Å². The van der Waals surface area contributed by atoms with Crippen LogP contribution < -0.4 is 0 Å². The van der Waals surface area contributed by atoms with Crippen LogP contribution in [0, 0.1) is 0 Å². The molecular weight excluding hydrogens is 230 g/mol. The van der Waals surface area contributed by atoms with Crippen LogP contribution in [0.5, 0.6) is 0 Å². The first kappa shape index (κ1) is 11.9. The summed E-state index contributed by atoms with van der Waals surface area (Å²) in [6.07, 6.45) is 0. The highest BCUT2D eigenvalue weighted by atomic mass is 32.2. The normalized spacial score (nSPS) is 30.6. The highest BCUT2D eigenvalue weighted by molar-refractivity contribution is 8.13. The average Bonchev–Trinajstić information content (AvgIpc) is 2.66. The Kier molecular flexibility index (Phi) is 2.98. The number of aliphatic imine (C=N–C) groups is 1. The zero-order chi connectivity index (χ0) is 11.8. The molecule has 0 N–H and O–H groups in total. The topological polar surface area (TPSA) is 57.1 Å². The van der Waals surface area contributed by atoms with Crippen molar-refractivity contribution in [2.45, 2.75) is 30.4 Å². The Morgan fingerprint density at radius 1 is 1.50 bits per heavy atom. The maximum Gasteiger partial charge on any atom is 0.332 e. The number of ether oxygens (including phenoxy) is 3. The molecule has 6 heteroatoms. The first-order chi connectivity index (χ1) is 7.49. The first-order valence-electron chi connectivity index (χ1n) is 5.04. The number of rotatable bonds is 1. The van der Waals surface area contributed by atoms with Crippen LogP contribution in [0.1, 0.15) is 13.8 Å². The number of esters is 1. The van der Waals surface area contributed by atoms with Crippen molar-refractivity contribution in [1.82, 2.24) is 0 Å². The summed E-state index contributed by atoms with van der Waals surface area (Å²) in [5, 5.41) is 0. The van der Waals surface area contributed by atoms with E-state index in [4.69, 9.17) is 14.2 Å². The summed E-state index contributed by atoms with van der Waals surface area (Å²) in [7, 11) is 1.36.